The van der Waals surface area contributed by atoms with E-state index < -0.39 is 28.6 Å². The normalized spacial score (nSPS) is 16.7. The van der Waals surface area contributed by atoms with Crippen molar-refractivity contribution in [2.24, 2.45) is 0 Å². The number of nitrogens with one attached hydrogen (secondary N) is 2. The SMILES string of the molecule is Cc1cc(=O)c(C(=O)NC2(c3cccc(C(F)(F)F)c3)CCOCC2)c[nH]1. The third-order valence-corrected chi connectivity index (χ3v) is 4.74. The van der Waals surface area contributed by atoms with Crippen LogP contribution in [0.25, 0.3) is 0 Å². The molecule has 2 heterocycles. The van der Waals surface area contributed by atoms with Crippen LogP contribution in [0.1, 0.15) is 40.0 Å². The van der Waals surface area contributed by atoms with Crippen molar-refractivity contribution < 1.29 is 22.7 Å². The fourth-order valence-corrected chi connectivity index (χ4v) is 3.23. The highest BCUT2D eigenvalue weighted by Crippen LogP contribution is 2.36. The summed E-state index contributed by atoms with van der Waals surface area (Å²) in [4.78, 5) is 27.6. The number of rotatable bonds is 3. The molecule has 2 N–H and O–H groups in total. The van der Waals surface area contributed by atoms with Crippen LogP contribution in [-0.4, -0.2) is 24.1 Å². The summed E-state index contributed by atoms with van der Waals surface area (Å²) >= 11 is 0. The Kier molecular flexibility index (Phi) is 5.10. The van der Waals surface area contributed by atoms with Crippen molar-refractivity contribution >= 4 is 5.91 Å². The second-order valence-corrected chi connectivity index (χ2v) is 6.62. The third-order valence-electron chi connectivity index (χ3n) is 4.74. The largest absolute Gasteiger partial charge is 0.416 e. The molecule has 0 radical (unpaired) electrons. The molecule has 0 unspecified atom stereocenters. The summed E-state index contributed by atoms with van der Waals surface area (Å²) < 4.78 is 44.7. The van der Waals surface area contributed by atoms with Gasteiger partial charge in [-0.3, -0.25) is 9.59 Å². The lowest BCUT2D eigenvalue weighted by molar-refractivity contribution is -0.137. The van der Waals surface area contributed by atoms with Gasteiger partial charge in [-0.05, 0) is 37.5 Å². The molecule has 0 atom stereocenters. The second kappa shape index (κ2) is 7.19. The topological polar surface area (TPSA) is 71.2 Å². The Balaban J connectivity index is 1.98. The van der Waals surface area contributed by atoms with Gasteiger partial charge in [0, 0.05) is 31.2 Å². The van der Waals surface area contributed by atoms with Crippen molar-refractivity contribution in [3.8, 4) is 0 Å². The molecule has 144 valence electrons. The molecule has 0 bridgehead atoms. The number of aromatic nitrogens is 1. The first-order valence-corrected chi connectivity index (χ1v) is 8.49. The number of amides is 1. The summed E-state index contributed by atoms with van der Waals surface area (Å²) in [6.45, 7) is 2.27. The maximum atomic E-state index is 13.1. The van der Waals surface area contributed by atoms with E-state index in [0.717, 1.165) is 12.1 Å². The van der Waals surface area contributed by atoms with Crippen molar-refractivity contribution in [2.75, 3.05) is 13.2 Å². The summed E-state index contributed by atoms with van der Waals surface area (Å²) in [5, 5.41) is 2.80. The Bertz CT molecular complexity index is 900. The first kappa shape index (κ1) is 19.2. The molecule has 1 saturated heterocycles. The number of hydrogen-bond acceptors (Lipinski definition) is 3. The van der Waals surface area contributed by atoms with Crippen LogP contribution in [0.2, 0.25) is 0 Å². The maximum absolute atomic E-state index is 13.1. The molecule has 0 aliphatic carbocycles. The van der Waals surface area contributed by atoms with Gasteiger partial charge in [0.15, 0.2) is 5.43 Å². The van der Waals surface area contributed by atoms with Crippen molar-refractivity contribution in [1.29, 1.82) is 0 Å². The van der Waals surface area contributed by atoms with Crippen LogP contribution < -0.4 is 10.7 Å². The van der Waals surface area contributed by atoms with Crippen LogP contribution in [0, 0.1) is 6.92 Å². The average Bonchev–Trinajstić information content (AvgIpc) is 2.62. The number of H-pyrrole nitrogens is 1. The molecule has 0 spiro atoms. The van der Waals surface area contributed by atoms with E-state index in [-0.39, 0.29) is 5.56 Å². The first-order valence-electron chi connectivity index (χ1n) is 8.49. The molecule has 5 nitrogen and oxygen atoms in total. The number of halogens is 3. The van der Waals surface area contributed by atoms with Gasteiger partial charge in [-0.15, -0.1) is 0 Å². The van der Waals surface area contributed by atoms with Gasteiger partial charge in [0.2, 0.25) is 0 Å². The summed E-state index contributed by atoms with van der Waals surface area (Å²) in [6, 6.07) is 6.21. The van der Waals surface area contributed by atoms with Crippen molar-refractivity contribution in [3.05, 3.63) is 69.1 Å². The minimum Gasteiger partial charge on any atom is -0.381 e. The lowest BCUT2D eigenvalue weighted by Crippen LogP contribution is -2.50. The molecule has 3 rings (SSSR count). The zero-order chi connectivity index (χ0) is 19.7. The lowest BCUT2D eigenvalue weighted by atomic mass is 9.81. The van der Waals surface area contributed by atoms with E-state index in [2.05, 4.69) is 10.3 Å². The number of aryl methyl sites for hydroxylation is 1. The molecule has 8 heteroatoms. The second-order valence-electron chi connectivity index (χ2n) is 6.62. The Morgan fingerprint density at radius 2 is 1.93 bits per heavy atom. The van der Waals surface area contributed by atoms with Crippen molar-refractivity contribution in [1.82, 2.24) is 10.3 Å². The fraction of sp³-hybridized carbons (Fsp3) is 0.368. The van der Waals surface area contributed by atoms with Gasteiger partial charge in [0.25, 0.3) is 5.91 Å². The molecule has 1 amide bonds. The minimum atomic E-state index is -4.49. The van der Waals surface area contributed by atoms with Crippen LogP contribution in [0.5, 0.6) is 0 Å². The van der Waals surface area contributed by atoms with E-state index in [1.165, 1.54) is 18.3 Å². The van der Waals surface area contributed by atoms with E-state index in [1.54, 1.807) is 13.0 Å². The molecule has 1 aliphatic rings. The molecule has 1 fully saturated rings. The van der Waals surface area contributed by atoms with Gasteiger partial charge in [-0.1, -0.05) is 12.1 Å². The monoisotopic (exact) mass is 380 g/mol. The molecule has 27 heavy (non-hydrogen) atoms. The zero-order valence-electron chi connectivity index (χ0n) is 14.7. The van der Waals surface area contributed by atoms with Gasteiger partial charge in [0.05, 0.1) is 11.1 Å². The standard InChI is InChI=1S/C19H19F3N2O3/c1-12-9-16(25)15(11-23-12)17(26)24-18(5-7-27-8-6-18)13-3-2-4-14(10-13)19(20,21)22/h2-4,9-11H,5-8H2,1H3,(H,23,25)(H,24,26). The highest BCUT2D eigenvalue weighted by molar-refractivity contribution is 5.94. The van der Waals surface area contributed by atoms with Crippen molar-refractivity contribution in [2.45, 2.75) is 31.5 Å². The first-order chi connectivity index (χ1) is 12.7. The summed E-state index contributed by atoms with van der Waals surface area (Å²) in [7, 11) is 0. The van der Waals surface area contributed by atoms with E-state index >= 15 is 0 Å². The maximum Gasteiger partial charge on any atom is 0.416 e. The number of alkyl halides is 3. The van der Waals surface area contributed by atoms with Crippen LogP contribution >= 0.6 is 0 Å². The number of aromatic amines is 1. The van der Waals surface area contributed by atoms with Crippen molar-refractivity contribution in [3.63, 3.8) is 0 Å². The Hall–Kier alpha value is -2.61. The summed E-state index contributed by atoms with van der Waals surface area (Å²) in [6.07, 6.45) is -2.56. The van der Waals surface area contributed by atoms with Gasteiger partial charge in [-0.25, -0.2) is 0 Å². The quantitative estimate of drug-likeness (QED) is 0.860. The Morgan fingerprint density at radius 1 is 1.22 bits per heavy atom. The summed E-state index contributed by atoms with van der Waals surface area (Å²) in [5.41, 5.74) is -1.40. The molecular weight excluding hydrogens is 361 g/mol. The third kappa shape index (κ3) is 4.05. The van der Waals surface area contributed by atoms with Gasteiger partial charge in [0.1, 0.15) is 5.56 Å². The molecule has 1 aromatic carbocycles. The highest BCUT2D eigenvalue weighted by Gasteiger charge is 2.39. The van der Waals surface area contributed by atoms with Gasteiger partial charge in [-0.2, -0.15) is 13.2 Å². The van der Waals surface area contributed by atoms with E-state index in [9.17, 15) is 22.8 Å². The predicted molar refractivity (Wildman–Crippen MR) is 92.4 cm³/mol. The fourth-order valence-electron chi connectivity index (χ4n) is 3.23. The van der Waals surface area contributed by atoms with Gasteiger partial charge >= 0.3 is 6.18 Å². The molecule has 2 aromatic rings. The van der Waals surface area contributed by atoms with Crippen LogP contribution in [0.3, 0.4) is 0 Å². The minimum absolute atomic E-state index is 0.0848. The number of hydrogen-bond donors (Lipinski definition) is 2. The number of carbonyl (C=O) groups excluding carboxylic acids is 1. The smallest absolute Gasteiger partial charge is 0.381 e. The number of carbonyl (C=O) groups is 1. The Morgan fingerprint density at radius 3 is 2.56 bits per heavy atom. The van der Waals surface area contributed by atoms with Crippen LogP contribution in [0.15, 0.2) is 41.3 Å². The lowest BCUT2D eigenvalue weighted by Gasteiger charge is -2.38. The van der Waals surface area contributed by atoms with E-state index in [4.69, 9.17) is 4.74 Å². The molecular formula is C19H19F3N2O3. The highest BCUT2D eigenvalue weighted by atomic mass is 19.4. The average molecular weight is 380 g/mol. The van der Waals surface area contributed by atoms with E-state index in [1.807, 2.05) is 0 Å². The molecule has 1 aliphatic heterocycles. The van der Waals surface area contributed by atoms with Crippen LogP contribution in [0.4, 0.5) is 13.2 Å². The number of pyridine rings is 1. The number of ether oxygens (including phenoxy) is 1. The number of benzene rings is 1. The predicted octanol–water partition coefficient (Wildman–Crippen LogP) is 3.14. The van der Waals surface area contributed by atoms with E-state index in [0.29, 0.717) is 37.3 Å². The Labute approximate surface area is 153 Å². The van der Waals surface area contributed by atoms with Gasteiger partial charge < -0.3 is 15.0 Å². The molecule has 1 aromatic heterocycles. The zero-order valence-corrected chi connectivity index (χ0v) is 14.7. The molecule has 0 saturated carbocycles. The van der Waals surface area contributed by atoms with Crippen LogP contribution in [-0.2, 0) is 16.5 Å². The summed E-state index contributed by atoms with van der Waals surface area (Å²) in [5.74, 6) is -0.629.